The normalized spacial score (nSPS) is 12.8. The first kappa shape index (κ1) is 13.8. The number of hydrogen-bond donors (Lipinski definition) is 2. The number of alkyl halides is 3. The van der Waals surface area contributed by atoms with Crippen molar-refractivity contribution in [1.82, 2.24) is 0 Å². The molecule has 96 valence electrons. The van der Waals surface area contributed by atoms with Crippen molar-refractivity contribution in [1.29, 1.82) is 0 Å². The number of carboxylic acid groups (broad SMARTS) is 1. The van der Waals surface area contributed by atoms with Crippen LogP contribution in [-0.4, -0.2) is 23.0 Å². The van der Waals surface area contributed by atoms with Gasteiger partial charge in [0.05, 0.1) is 0 Å². The van der Waals surface area contributed by atoms with Gasteiger partial charge in [-0.2, -0.15) is 13.2 Å². The van der Waals surface area contributed by atoms with Crippen LogP contribution in [0.4, 0.5) is 13.2 Å². The second-order valence-electron chi connectivity index (χ2n) is 3.29. The molecule has 1 aromatic carbocycles. The fourth-order valence-electron chi connectivity index (χ4n) is 1.25. The van der Waals surface area contributed by atoms with Crippen LogP contribution in [0.3, 0.4) is 0 Å². The van der Waals surface area contributed by atoms with Crippen LogP contribution >= 0.6 is 0 Å². The number of carbonyl (C=O) groups is 2. The largest absolute Gasteiger partial charge is 0.478 e. The minimum atomic E-state index is -5.19. The zero-order valence-electron chi connectivity index (χ0n) is 8.86. The van der Waals surface area contributed by atoms with Crippen LogP contribution in [-0.2, 0) is 4.79 Å². The molecule has 0 fully saturated rings. The molecule has 1 aromatic rings. The third-order valence-corrected chi connectivity index (χ3v) is 2.05. The molecule has 4 nitrogen and oxygen atoms in total. The molecule has 0 aliphatic rings. The lowest BCUT2D eigenvalue weighted by Gasteiger charge is -2.10. The molecule has 0 saturated heterocycles. The molecule has 0 bridgehead atoms. The van der Waals surface area contributed by atoms with Crippen LogP contribution in [0, 0.1) is 0 Å². The molecule has 18 heavy (non-hydrogen) atoms. The Balaban J connectivity index is 3.30. The van der Waals surface area contributed by atoms with Crippen molar-refractivity contribution in [2.75, 3.05) is 0 Å². The summed E-state index contributed by atoms with van der Waals surface area (Å²) in [5.74, 6) is -3.46. The van der Waals surface area contributed by atoms with Crippen molar-refractivity contribution in [3.8, 4) is 0 Å². The van der Waals surface area contributed by atoms with Crippen LogP contribution in [0.2, 0.25) is 0 Å². The van der Waals surface area contributed by atoms with Crippen molar-refractivity contribution in [2.45, 2.75) is 6.18 Å². The van der Waals surface area contributed by atoms with E-state index in [2.05, 4.69) is 0 Å². The Kier molecular flexibility index (Phi) is 3.75. The van der Waals surface area contributed by atoms with Gasteiger partial charge in [-0.25, -0.2) is 4.79 Å². The van der Waals surface area contributed by atoms with E-state index in [1.165, 1.54) is 24.3 Å². The van der Waals surface area contributed by atoms with Gasteiger partial charge >= 0.3 is 12.1 Å². The number of nitrogens with two attached hydrogens (primary N) is 1. The van der Waals surface area contributed by atoms with E-state index in [0.717, 1.165) is 0 Å². The van der Waals surface area contributed by atoms with Crippen LogP contribution in [0.25, 0.3) is 0 Å². The van der Waals surface area contributed by atoms with Gasteiger partial charge in [0, 0.05) is 5.56 Å². The first-order chi connectivity index (χ1) is 8.25. The average molecular weight is 259 g/mol. The van der Waals surface area contributed by atoms with Crippen molar-refractivity contribution in [3.05, 3.63) is 47.2 Å². The maximum Gasteiger partial charge on any atom is 0.425 e. The van der Waals surface area contributed by atoms with E-state index in [0.29, 0.717) is 0 Å². The Morgan fingerprint density at radius 3 is 2.00 bits per heavy atom. The summed E-state index contributed by atoms with van der Waals surface area (Å²) in [6, 6.07) is 6.89. The van der Waals surface area contributed by atoms with Gasteiger partial charge in [-0.05, 0) is 0 Å². The van der Waals surface area contributed by atoms with Crippen molar-refractivity contribution < 1.29 is 27.9 Å². The van der Waals surface area contributed by atoms with E-state index >= 15 is 0 Å². The van der Waals surface area contributed by atoms with E-state index < -0.39 is 29.2 Å². The molecule has 3 N–H and O–H groups in total. The van der Waals surface area contributed by atoms with E-state index in [9.17, 15) is 22.8 Å². The van der Waals surface area contributed by atoms with Gasteiger partial charge in [0.25, 0.3) is 0 Å². The Hall–Kier alpha value is -2.31. The Labute approximate surface area is 99.5 Å². The topological polar surface area (TPSA) is 80.4 Å². The summed E-state index contributed by atoms with van der Waals surface area (Å²) in [4.78, 5) is 22.1. The number of benzene rings is 1. The van der Waals surface area contributed by atoms with Gasteiger partial charge in [0.15, 0.2) is 5.57 Å². The fraction of sp³-hybridized carbons (Fsp3) is 0.0909. The fourth-order valence-corrected chi connectivity index (χ4v) is 1.25. The highest BCUT2D eigenvalue weighted by Crippen LogP contribution is 2.28. The summed E-state index contributed by atoms with van der Waals surface area (Å²) < 4.78 is 37.3. The summed E-state index contributed by atoms with van der Waals surface area (Å²) in [5, 5.41) is 8.46. The standard InChI is InChI=1S/C11H8F3NO3/c12-11(13,14)7(10(17)18)8(15)9(16)6-4-2-1-3-5-6/h1-5H,15H2,(H,17,18)/b8-7+. The molecule has 0 atom stereocenters. The summed E-state index contributed by atoms with van der Waals surface area (Å²) in [6.07, 6.45) is -5.19. The molecule has 0 radical (unpaired) electrons. The van der Waals surface area contributed by atoms with Crippen LogP contribution < -0.4 is 5.73 Å². The third kappa shape index (κ3) is 2.88. The Bertz CT molecular complexity index is 506. The maximum atomic E-state index is 12.4. The first-order valence-electron chi connectivity index (χ1n) is 4.65. The summed E-state index contributed by atoms with van der Waals surface area (Å²) in [7, 11) is 0. The van der Waals surface area contributed by atoms with Crippen LogP contribution in [0.15, 0.2) is 41.6 Å². The van der Waals surface area contributed by atoms with E-state index in [-0.39, 0.29) is 5.56 Å². The van der Waals surface area contributed by atoms with Crippen molar-refractivity contribution in [3.63, 3.8) is 0 Å². The highest BCUT2D eigenvalue weighted by Gasteiger charge is 2.42. The molecule has 0 spiro atoms. The van der Waals surface area contributed by atoms with Gasteiger partial charge in [-0.1, -0.05) is 30.3 Å². The molecular formula is C11H8F3NO3. The highest BCUT2D eigenvalue weighted by molar-refractivity contribution is 6.12. The smallest absolute Gasteiger partial charge is 0.425 e. The molecule has 7 heteroatoms. The summed E-state index contributed by atoms with van der Waals surface area (Å²) in [5.41, 5.74) is 1.51. The molecule has 1 rings (SSSR count). The molecular weight excluding hydrogens is 251 g/mol. The molecule has 0 aromatic heterocycles. The minimum absolute atomic E-state index is 0.113. The number of allylic oxidation sites excluding steroid dienone is 1. The first-order valence-corrected chi connectivity index (χ1v) is 4.65. The van der Waals surface area contributed by atoms with E-state index in [1.54, 1.807) is 6.07 Å². The molecule has 0 amide bonds. The van der Waals surface area contributed by atoms with Gasteiger partial charge < -0.3 is 10.8 Å². The van der Waals surface area contributed by atoms with E-state index in [4.69, 9.17) is 10.8 Å². The molecule has 0 unspecified atom stereocenters. The molecule has 0 aliphatic carbocycles. The van der Waals surface area contributed by atoms with Crippen LogP contribution in [0.5, 0.6) is 0 Å². The Morgan fingerprint density at radius 1 is 1.11 bits per heavy atom. The van der Waals surface area contributed by atoms with Gasteiger partial charge in [0.1, 0.15) is 5.70 Å². The number of hydrogen-bond acceptors (Lipinski definition) is 3. The molecule has 0 aliphatic heterocycles. The lowest BCUT2D eigenvalue weighted by molar-refractivity contribution is -0.145. The second kappa shape index (κ2) is 4.91. The van der Waals surface area contributed by atoms with Gasteiger partial charge in [-0.15, -0.1) is 0 Å². The van der Waals surface area contributed by atoms with Gasteiger partial charge in [-0.3, -0.25) is 4.79 Å². The number of rotatable bonds is 3. The Morgan fingerprint density at radius 2 is 1.61 bits per heavy atom. The molecule has 0 heterocycles. The zero-order chi connectivity index (χ0) is 13.9. The quantitative estimate of drug-likeness (QED) is 0.639. The number of ketones is 1. The van der Waals surface area contributed by atoms with Crippen LogP contribution in [0.1, 0.15) is 10.4 Å². The summed E-state index contributed by atoms with van der Waals surface area (Å²) >= 11 is 0. The highest BCUT2D eigenvalue weighted by atomic mass is 19.4. The average Bonchev–Trinajstić information content (AvgIpc) is 2.26. The number of aliphatic carboxylic acids is 1. The van der Waals surface area contributed by atoms with Crippen molar-refractivity contribution in [2.24, 2.45) is 5.73 Å². The minimum Gasteiger partial charge on any atom is -0.478 e. The molecule has 0 saturated carbocycles. The predicted octanol–water partition coefficient (Wildman–Crippen LogP) is 1.73. The predicted molar refractivity (Wildman–Crippen MR) is 55.7 cm³/mol. The number of halogens is 3. The lowest BCUT2D eigenvalue weighted by Crippen LogP contribution is -2.28. The number of carbonyl (C=O) groups excluding carboxylic acids is 1. The zero-order valence-corrected chi connectivity index (χ0v) is 8.86. The third-order valence-electron chi connectivity index (χ3n) is 2.05. The number of carboxylic acids is 1. The van der Waals surface area contributed by atoms with E-state index in [1.807, 2.05) is 0 Å². The SMILES string of the molecule is N/C(C(=O)c1ccccc1)=C(\C(=O)O)C(F)(F)F. The van der Waals surface area contributed by atoms with Gasteiger partial charge in [0.2, 0.25) is 5.78 Å². The monoisotopic (exact) mass is 259 g/mol. The second-order valence-corrected chi connectivity index (χ2v) is 3.29. The lowest BCUT2D eigenvalue weighted by atomic mass is 10.0. The van der Waals surface area contributed by atoms with Crippen molar-refractivity contribution >= 4 is 11.8 Å². The maximum absolute atomic E-state index is 12.4. The summed E-state index contributed by atoms with van der Waals surface area (Å²) in [6.45, 7) is 0. The number of Topliss-reactive ketones (excluding diaryl/α,β-unsaturated/α-hetero) is 1.